The number of nitrogens with zero attached hydrogens (tertiary/aromatic N) is 5. The molecular formula is C25H26N6O2. The monoisotopic (exact) mass is 442 g/mol. The Hall–Kier alpha value is -3.78. The molecule has 8 nitrogen and oxygen atoms in total. The molecule has 1 amide bonds. The number of aryl methyl sites for hydroxylation is 1. The number of hydrogen-bond acceptors (Lipinski definition) is 6. The van der Waals surface area contributed by atoms with E-state index >= 15 is 0 Å². The Labute approximate surface area is 191 Å². The molecule has 1 saturated heterocycles. The quantitative estimate of drug-likeness (QED) is 0.493. The standard InChI is InChI=1S/C25H26N6O2/c1-17-21-9-10-22(28-24(21)31(29-17)19-6-3-2-4-7-19)25(33)27-15-18-11-12-26-23(14-18)30-13-5-8-20(32)16-30/h2-4,6-7,9-12,14,20,32H,5,8,13,15-16H2,1H3,(H,27,33). The summed E-state index contributed by atoms with van der Waals surface area (Å²) in [7, 11) is 0. The van der Waals surface area contributed by atoms with E-state index in [0.29, 0.717) is 24.4 Å². The molecule has 8 heteroatoms. The molecule has 4 aromatic rings. The second-order valence-electron chi connectivity index (χ2n) is 8.35. The van der Waals surface area contributed by atoms with Crippen molar-refractivity contribution in [2.24, 2.45) is 0 Å². The highest BCUT2D eigenvalue weighted by Gasteiger charge is 2.19. The van der Waals surface area contributed by atoms with Crippen LogP contribution in [0, 0.1) is 6.92 Å². The number of nitrogens with one attached hydrogen (secondary N) is 1. The van der Waals surface area contributed by atoms with Gasteiger partial charge in [0.1, 0.15) is 11.5 Å². The van der Waals surface area contributed by atoms with Crippen molar-refractivity contribution in [3.63, 3.8) is 0 Å². The maximum absolute atomic E-state index is 12.9. The van der Waals surface area contributed by atoms with Crippen LogP contribution in [0.25, 0.3) is 16.7 Å². The van der Waals surface area contributed by atoms with Crippen LogP contribution in [-0.2, 0) is 6.54 Å². The maximum Gasteiger partial charge on any atom is 0.270 e. The fraction of sp³-hybridized carbons (Fsp3) is 0.280. The number of hydrogen-bond donors (Lipinski definition) is 2. The number of piperidine rings is 1. The average molecular weight is 443 g/mol. The first-order valence-electron chi connectivity index (χ1n) is 11.2. The van der Waals surface area contributed by atoms with Gasteiger partial charge in [-0.2, -0.15) is 5.10 Å². The van der Waals surface area contributed by atoms with Crippen LogP contribution in [0.5, 0.6) is 0 Å². The van der Waals surface area contributed by atoms with Gasteiger partial charge in [0.2, 0.25) is 0 Å². The highest BCUT2D eigenvalue weighted by atomic mass is 16.3. The van der Waals surface area contributed by atoms with Gasteiger partial charge in [-0.1, -0.05) is 18.2 Å². The lowest BCUT2D eigenvalue weighted by atomic mass is 10.1. The first-order chi connectivity index (χ1) is 16.1. The highest BCUT2D eigenvalue weighted by Crippen LogP contribution is 2.21. The van der Waals surface area contributed by atoms with Crippen LogP contribution >= 0.6 is 0 Å². The number of aliphatic hydroxyl groups is 1. The predicted octanol–water partition coefficient (Wildman–Crippen LogP) is 3.02. The molecule has 2 N–H and O–H groups in total. The zero-order valence-corrected chi connectivity index (χ0v) is 18.5. The smallest absolute Gasteiger partial charge is 0.270 e. The zero-order valence-electron chi connectivity index (χ0n) is 18.5. The molecule has 0 bridgehead atoms. The van der Waals surface area contributed by atoms with Gasteiger partial charge in [-0.05, 0) is 61.7 Å². The van der Waals surface area contributed by atoms with Crippen LogP contribution in [0.1, 0.15) is 34.6 Å². The van der Waals surface area contributed by atoms with E-state index < -0.39 is 0 Å². The van der Waals surface area contributed by atoms with Crippen LogP contribution < -0.4 is 10.2 Å². The van der Waals surface area contributed by atoms with Crippen LogP contribution in [-0.4, -0.2) is 50.0 Å². The lowest BCUT2D eigenvalue weighted by molar-refractivity contribution is 0.0946. The molecule has 0 radical (unpaired) electrons. The van der Waals surface area contributed by atoms with E-state index in [1.165, 1.54) is 0 Å². The fourth-order valence-electron chi connectivity index (χ4n) is 4.20. The number of para-hydroxylation sites is 1. The van der Waals surface area contributed by atoms with E-state index in [-0.39, 0.29) is 12.0 Å². The van der Waals surface area contributed by atoms with E-state index in [1.54, 1.807) is 16.9 Å². The van der Waals surface area contributed by atoms with E-state index in [4.69, 9.17) is 0 Å². The summed E-state index contributed by atoms with van der Waals surface area (Å²) in [4.78, 5) is 24.0. The van der Waals surface area contributed by atoms with Crippen molar-refractivity contribution in [2.75, 3.05) is 18.0 Å². The van der Waals surface area contributed by atoms with E-state index in [9.17, 15) is 9.90 Å². The number of pyridine rings is 2. The van der Waals surface area contributed by atoms with Crippen molar-refractivity contribution in [3.05, 3.63) is 77.7 Å². The minimum absolute atomic E-state index is 0.248. The summed E-state index contributed by atoms with van der Waals surface area (Å²) in [5.74, 6) is 0.574. The van der Waals surface area contributed by atoms with Crippen molar-refractivity contribution in [3.8, 4) is 5.69 Å². The molecular weight excluding hydrogens is 416 g/mol. The number of benzene rings is 1. The van der Waals surface area contributed by atoms with Crippen molar-refractivity contribution in [1.29, 1.82) is 0 Å². The number of amides is 1. The molecule has 3 aromatic heterocycles. The number of aliphatic hydroxyl groups excluding tert-OH is 1. The summed E-state index contributed by atoms with van der Waals surface area (Å²) in [5.41, 5.74) is 3.70. The second kappa shape index (κ2) is 8.99. The van der Waals surface area contributed by atoms with Crippen molar-refractivity contribution < 1.29 is 9.90 Å². The number of β-amino-alcohol motifs (C(OH)–C–C–N with tert-alkyl or cyclic N) is 1. The number of fused-ring (bicyclic) bond motifs is 1. The summed E-state index contributed by atoms with van der Waals surface area (Å²) >= 11 is 0. The fourth-order valence-corrected chi connectivity index (χ4v) is 4.20. The van der Waals surface area contributed by atoms with Gasteiger partial charge in [0.25, 0.3) is 5.91 Å². The van der Waals surface area contributed by atoms with Crippen LogP contribution in [0.3, 0.4) is 0 Å². The molecule has 0 aliphatic carbocycles. The van der Waals surface area contributed by atoms with E-state index in [1.807, 2.05) is 55.5 Å². The van der Waals surface area contributed by atoms with E-state index in [2.05, 4.69) is 25.3 Å². The van der Waals surface area contributed by atoms with Gasteiger partial charge in [0.15, 0.2) is 5.65 Å². The third kappa shape index (κ3) is 4.42. The molecule has 1 aromatic carbocycles. The lowest BCUT2D eigenvalue weighted by Gasteiger charge is -2.31. The molecule has 0 spiro atoms. The maximum atomic E-state index is 12.9. The van der Waals surface area contributed by atoms with Gasteiger partial charge in [-0.3, -0.25) is 4.79 Å². The molecule has 1 atom stereocenters. The van der Waals surface area contributed by atoms with Gasteiger partial charge >= 0.3 is 0 Å². The largest absolute Gasteiger partial charge is 0.391 e. The minimum Gasteiger partial charge on any atom is -0.391 e. The van der Waals surface area contributed by atoms with Gasteiger partial charge in [0, 0.05) is 31.2 Å². The first kappa shape index (κ1) is 21.1. The molecule has 1 aliphatic rings. The Bertz CT molecular complexity index is 1290. The van der Waals surface area contributed by atoms with E-state index in [0.717, 1.165) is 47.5 Å². The van der Waals surface area contributed by atoms with Gasteiger partial charge < -0.3 is 15.3 Å². The highest BCUT2D eigenvalue weighted by molar-refractivity contribution is 5.94. The Balaban J connectivity index is 1.33. The molecule has 0 saturated carbocycles. The van der Waals surface area contributed by atoms with Crippen molar-refractivity contribution in [2.45, 2.75) is 32.4 Å². The number of carbonyl (C=O) groups is 1. The molecule has 1 aliphatic heterocycles. The van der Waals surface area contributed by atoms with Crippen molar-refractivity contribution >= 4 is 22.8 Å². The first-order valence-corrected chi connectivity index (χ1v) is 11.2. The normalized spacial score (nSPS) is 16.2. The Morgan fingerprint density at radius 1 is 1.18 bits per heavy atom. The second-order valence-corrected chi connectivity index (χ2v) is 8.35. The predicted molar refractivity (Wildman–Crippen MR) is 126 cm³/mol. The number of rotatable bonds is 5. The molecule has 168 valence electrons. The summed E-state index contributed by atoms with van der Waals surface area (Å²) in [5, 5.41) is 18.4. The van der Waals surface area contributed by atoms with Crippen LogP contribution in [0.15, 0.2) is 60.8 Å². The van der Waals surface area contributed by atoms with Gasteiger partial charge in [-0.25, -0.2) is 14.6 Å². The van der Waals surface area contributed by atoms with Gasteiger partial charge in [-0.15, -0.1) is 0 Å². The summed E-state index contributed by atoms with van der Waals surface area (Å²) in [6.45, 7) is 3.76. The summed E-state index contributed by atoms with van der Waals surface area (Å²) in [6, 6.07) is 17.2. The van der Waals surface area contributed by atoms with Crippen LogP contribution in [0.2, 0.25) is 0 Å². The molecule has 1 fully saturated rings. The molecule has 5 rings (SSSR count). The third-order valence-electron chi connectivity index (χ3n) is 5.93. The summed E-state index contributed by atoms with van der Waals surface area (Å²) < 4.78 is 1.77. The Kier molecular flexibility index (Phi) is 5.75. The Morgan fingerprint density at radius 3 is 2.85 bits per heavy atom. The zero-order chi connectivity index (χ0) is 22.8. The number of aromatic nitrogens is 4. The average Bonchev–Trinajstić information content (AvgIpc) is 3.19. The van der Waals surface area contributed by atoms with Gasteiger partial charge in [0.05, 0.1) is 17.5 Å². The van der Waals surface area contributed by atoms with Crippen LogP contribution in [0.4, 0.5) is 5.82 Å². The number of carbonyl (C=O) groups excluding carboxylic acids is 1. The Morgan fingerprint density at radius 2 is 2.03 bits per heavy atom. The SMILES string of the molecule is Cc1nn(-c2ccccc2)c2nc(C(=O)NCc3ccnc(N4CCCC(O)C4)c3)ccc12. The molecule has 4 heterocycles. The minimum atomic E-state index is -0.321. The molecule has 33 heavy (non-hydrogen) atoms. The topological polar surface area (TPSA) is 96.2 Å². The molecule has 1 unspecified atom stereocenters. The summed E-state index contributed by atoms with van der Waals surface area (Å²) in [6.07, 6.45) is 3.19. The third-order valence-corrected chi connectivity index (χ3v) is 5.93. The van der Waals surface area contributed by atoms with Crippen molar-refractivity contribution in [1.82, 2.24) is 25.1 Å². The number of anilines is 1. The lowest BCUT2D eigenvalue weighted by Crippen LogP contribution is -2.38.